The molecule has 0 aliphatic carbocycles. The highest BCUT2D eigenvalue weighted by atomic mass is 16.4. The minimum atomic E-state index is -1.77. The van der Waals surface area contributed by atoms with Gasteiger partial charge in [-0.2, -0.15) is 0 Å². The molecule has 0 heterocycles. The van der Waals surface area contributed by atoms with E-state index in [0.29, 0.717) is 12.8 Å². The van der Waals surface area contributed by atoms with Gasteiger partial charge in [-0.25, -0.2) is 4.79 Å². The molecule has 0 spiro atoms. The Labute approximate surface area is 490 Å². The first-order valence-electron chi connectivity index (χ1n) is 29.3. The number of carboxylic acid groups (broad SMARTS) is 1. The summed E-state index contributed by atoms with van der Waals surface area (Å²) in [6.07, 6.45) is 2.23. The first-order chi connectivity index (χ1) is 37.8. The van der Waals surface area contributed by atoms with Crippen molar-refractivity contribution in [2.24, 2.45) is 41.4 Å². The first kappa shape index (κ1) is 76.3. The van der Waals surface area contributed by atoms with E-state index in [1.54, 1.807) is 46.9 Å². The molecule has 23 heteroatoms. The minimum absolute atomic E-state index is 0.0138. The minimum Gasteiger partial charge on any atom is -0.480 e. The van der Waals surface area contributed by atoms with Gasteiger partial charge in [0.2, 0.25) is 53.2 Å². The summed E-state index contributed by atoms with van der Waals surface area (Å²) < 4.78 is 0. The van der Waals surface area contributed by atoms with Crippen molar-refractivity contribution in [3.05, 3.63) is 12.2 Å². The topological polar surface area (TPSA) is 317 Å². The van der Waals surface area contributed by atoms with E-state index in [9.17, 15) is 63.3 Å². The molecule has 82 heavy (non-hydrogen) atoms. The van der Waals surface area contributed by atoms with E-state index >= 15 is 0 Å². The van der Waals surface area contributed by atoms with Gasteiger partial charge in [-0.05, 0) is 108 Å². The maximum Gasteiger partial charge on any atom is 0.328 e. The molecule has 0 saturated carbocycles. The first-order valence-corrected chi connectivity index (χ1v) is 29.3. The van der Waals surface area contributed by atoms with Crippen molar-refractivity contribution in [3.63, 3.8) is 0 Å². The number of hydrogen-bond acceptors (Lipinski definition) is 13. The summed E-state index contributed by atoms with van der Waals surface area (Å²) >= 11 is 0. The third kappa shape index (κ3) is 23.5. The van der Waals surface area contributed by atoms with Crippen LogP contribution in [-0.4, -0.2) is 202 Å². The van der Waals surface area contributed by atoms with Crippen molar-refractivity contribution in [1.82, 2.24) is 51.5 Å². The van der Waals surface area contributed by atoms with Crippen LogP contribution in [0.3, 0.4) is 0 Å². The molecule has 0 rings (SSSR count). The number of carboxylic acids is 1. The Balaban J connectivity index is 6.78. The predicted molar refractivity (Wildman–Crippen MR) is 316 cm³/mol. The molecule has 0 radical (unpaired) electrons. The third-order valence-electron chi connectivity index (χ3n) is 14.9. The van der Waals surface area contributed by atoms with Gasteiger partial charge in [0.15, 0.2) is 6.04 Å². The normalized spacial score (nSPS) is 17.0. The van der Waals surface area contributed by atoms with Gasteiger partial charge < -0.3 is 66.8 Å². The third-order valence-corrected chi connectivity index (χ3v) is 14.9. The average Bonchev–Trinajstić information content (AvgIpc) is 3.37. The fourth-order valence-corrected chi connectivity index (χ4v) is 9.85. The summed E-state index contributed by atoms with van der Waals surface area (Å²) in [5.41, 5.74) is 0. The SMILES string of the molecule is C/C=C/C[C@@H](C)[C@@H](O)[C@@H](C(=O)N[C@H](C(=O)O)[C@@H](C)O)N(C)C(=O)[C@H](C(C)C)N(C)C(=O)[C@H](CC(C)C)NC(=O)[C@H](CC(C)C)N(C)C(=O)[C@@H](C)NC(=O)[C@H](C)NC(=O)[C@H](CC(C)C)N(C)C(=O)[C@H](CC(C)C)NC(=O)[C@@H](NC)C(C)CC. The second-order valence-electron chi connectivity index (χ2n) is 24.6. The summed E-state index contributed by atoms with van der Waals surface area (Å²) in [6.45, 7) is 29.7. The molecule has 472 valence electrons. The van der Waals surface area contributed by atoms with Crippen molar-refractivity contribution in [2.75, 3.05) is 35.2 Å². The standard InChI is InChI=1S/C59H108N10O13/c1-23-25-26-37(14)49(71)48(54(76)65-46(40(17)70)59(81)82)69(22)58(80)47(35(11)12)68(21)57(79)42(28-32(5)6)63-52(74)44(30-34(9)10)66(19)55(77)39(16)62-50(72)38(15)61-51(73)43(29-33(7)8)67(20)56(78)41(27-31(3)4)64-53(75)45(60-18)36(13)24-2/h23,25,31-49,60,70-71H,24,26-30H2,1-22H3,(H,61,73)(H,62,72)(H,63,74)(H,64,75)(H,65,76)(H,81,82)/b25-23+/t36?,37-,38+,39-,40-,41+,42+,43+,44+,45+,46+,47+,48+,49-/m1/s1. The van der Waals surface area contributed by atoms with Crippen LogP contribution >= 0.6 is 0 Å². The van der Waals surface area contributed by atoms with Crippen molar-refractivity contribution in [1.29, 1.82) is 0 Å². The highest BCUT2D eigenvalue weighted by Crippen LogP contribution is 2.23. The van der Waals surface area contributed by atoms with Crippen molar-refractivity contribution < 1.29 is 63.3 Å². The number of carbonyl (C=O) groups is 10. The molecule has 0 aromatic heterocycles. The van der Waals surface area contributed by atoms with Gasteiger partial charge in [0.1, 0.15) is 48.3 Å². The van der Waals surface area contributed by atoms with E-state index in [2.05, 4.69) is 31.9 Å². The lowest BCUT2D eigenvalue weighted by Crippen LogP contribution is -2.63. The number of nitrogens with one attached hydrogen (secondary N) is 6. The lowest BCUT2D eigenvalue weighted by atomic mass is 9.91. The number of hydrogen-bond donors (Lipinski definition) is 9. The van der Waals surface area contributed by atoms with E-state index in [1.807, 2.05) is 69.2 Å². The number of nitrogens with zero attached hydrogens (tertiary/aromatic N) is 4. The maximum atomic E-state index is 14.7. The van der Waals surface area contributed by atoms with Crippen LogP contribution in [0.2, 0.25) is 0 Å². The van der Waals surface area contributed by atoms with Crippen molar-refractivity contribution in [2.45, 2.75) is 229 Å². The van der Waals surface area contributed by atoms with Gasteiger partial charge in [-0.15, -0.1) is 0 Å². The second-order valence-corrected chi connectivity index (χ2v) is 24.6. The molecule has 0 aliphatic heterocycles. The molecule has 14 atom stereocenters. The van der Waals surface area contributed by atoms with Gasteiger partial charge in [0.05, 0.1) is 18.2 Å². The molecular formula is C59H108N10O13. The Morgan fingerprint density at radius 2 is 0.878 bits per heavy atom. The van der Waals surface area contributed by atoms with E-state index in [1.165, 1.54) is 63.7 Å². The maximum absolute atomic E-state index is 14.7. The highest BCUT2D eigenvalue weighted by molar-refractivity contribution is 5.98. The van der Waals surface area contributed by atoms with Crippen LogP contribution < -0.4 is 31.9 Å². The molecule has 0 bridgehead atoms. The summed E-state index contributed by atoms with van der Waals surface area (Å²) in [4.78, 5) is 144. The Kier molecular flexibility index (Phi) is 33.6. The van der Waals surface area contributed by atoms with Crippen molar-refractivity contribution in [3.8, 4) is 0 Å². The fraction of sp³-hybridized carbons (Fsp3) is 0.797. The molecule has 0 fully saturated rings. The number of carbonyl (C=O) groups excluding carboxylic acids is 9. The number of likely N-dealkylation sites (N-methyl/N-ethyl adjacent to an activating group) is 5. The van der Waals surface area contributed by atoms with Crippen LogP contribution in [-0.2, 0) is 47.9 Å². The van der Waals surface area contributed by atoms with Crippen molar-refractivity contribution >= 4 is 59.1 Å². The summed E-state index contributed by atoms with van der Waals surface area (Å²) in [7, 11) is 7.22. The largest absolute Gasteiger partial charge is 0.480 e. The number of allylic oxidation sites excluding steroid dienone is 2. The van der Waals surface area contributed by atoms with Crippen LogP contribution in [0.5, 0.6) is 0 Å². The summed E-state index contributed by atoms with van der Waals surface area (Å²) in [6, 6.07) is -12.0. The van der Waals surface area contributed by atoms with E-state index in [-0.39, 0.29) is 54.8 Å². The monoisotopic (exact) mass is 1160 g/mol. The van der Waals surface area contributed by atoms with Crippen LogP contribution in [0.15, 0.2) is 12.2 Å². The Morgan fingerprint density at radius 3 is 1.28 bits per heavy atom. The molecule has 0 aliphatic rings. The smallest absolute Gasteiger partial charge is 0.328 e. The predicted octanol–water partition coefficient (Wildman–Crippen LogP) is 2.66. The lowest BCUT2D eigenvalue weighted by Gasteiger charge is -2.40. The van der Waals surface area contributed by atoms with Gasteiger partial charge in [0, 0.05) is 28.2 Å². The molecule has 0 aromatic rings. The Hall–Kier alpha value is -5.68. The molecular weight excluding hydrogens is 1060 g/mol. The van der Waals surface area contributed by atoms with Crippen LogP contribution in [0.4, 0.5) is 0 Å². The number of aliphatic hydroxyl groups excluding tert-OH is 2. The van der Waals surface area contributed by atoms with Gasteiger partial charge in [-0.1, -0.05) is 109 Å². The van der Waals surface area contributed by atoms with E-state index in [4.69, 9.17) is 0 Å². The number of amides is 9. The quantitative estimate of drug-likeness (QED) is 0.0408. The molecule has 23 nitrogen and oxygen atoms in total. The van der Waals surface area contributed by atoms with Gasteiger partial charge in [0.25, 0.3) is 0 Å². The molecule has 0 saturated heterocycles. The number of aliphatic carboxylic acids is 1. The molecule has 1 unspecified atom stereocenters. The second kappa shape index (κ2) is 36.1. The Bertz CT molecular complexity index is 2140. The zero-order valence-corrected chi connectivity index (χ0v) is 53.6. The molecule has 0 aromatic carbocycles. The average molecular weight is 1170 g/mol. The summed E-state index contributed by atoms with van der Waals surface area (Å²) in [5, 5.41) is 47.9. The fourth-order valence-electron chi connectivity index (χ4n) is 9.85. The Morgan fingerprint density at radius 1 is 0.463 bits per heavy atom. The van der Waals surface area contributed by atoms with E-state index < -0.39 is 138 Å². The molecule has 9 amide bonds. The number of aliphatic hydroxyl groups is 2. The zero-order valence-electron chi connectivity index (χ0n) is 53.6. The van der Waals surface area contributed by atoms with Crippen LogP contribution in [0, 0.1) is 41.4 Å². The van der Waals surface area contributed by atoms with Crippen LogP contribution in [0.25, 0.3) is 0 Å². The van der Waals surface area contributed by atoms with Gasteiger partial charge >= 0.3 is 5.97 Å². The number of rotatable bonds is 36. The van der Waals surface area contributed by atoms with Crippen LogP contribution in [0.1, 0.15) is 156 Å². The highest BCUT2D eigenvalue weighted by Gasteiger charge is 2.44. The summed E-state index contributed by atoms with van der Waals surface area (Å²) in [5.74, 6) is -9.16. The van der Waals surface area contributed by atoms with Gasteiger partial charge in [-0.3, -0.25) is 43.2 Å². The zero-order chi connectivity index (χ0) is 64.0. The molecule has 9 N–H and O–H groups in total. The lowest BCUT2D eigenvalue weighted by molar-refractivity contribution is -0.155. The van der Waals surface area contributed by atoms with E-state index in [0.717, 1.165) is 11.3 Å².